The summed E-state index contributed by atoms with van der Waals surface area (Å²) in [6.45, 7) is 7.11. The molecule has 0 saturated carbocycles. The van der Waals surface area contributed by atoms with Crippen LogP contribution in [0.2, 0.25) is 0 Å². The van der Waals surface area contributed by atoms with E-state index in [0.717, 1.165) is 0 Å². The van der Waals surface area contributed by atoms with Crippen LogP contribution in [0.15, 0.2) is 24.3 Å². The molecule has 0 saturated heterocycles. The standard InChI is InChI=1S/C9H10ClN3/c1-4-7(10)6-9-11-8(5-2)12-13(9)3/h4-6H,1-2H2,3H3/b7-6+. The van der Waals surface area contributed by atoms with Crippen LogP contribution in [0.1, 0.15) is 11.6 Å². The van der Waals surface area contributed by atoms with E-state index in [9.17, 15) is 0 Å². The fourth-order valence-electron chi connectivity index (χ4n) is 0.811. The lowest BCUT2D eigenvalue weighted by atomic mass is 10.4. The highest BCUT2D eigenvalue weighted by molar-refractivity contribution is 6.33. The zero-order valence-corrected chi connectivity index (χ0v) is 8.12. The molecule has 3 nitrogen and oxygen atoms in total. The smallest absolute Gasteiger partial charge is 0.173 e. The molecule has 0 spiro atoms. The lowest BCUT2D eigenvalue weighted by Crippen LogP contribution is -1.93. The molecule has 0 aromatic carbocycles. The van der Waals surface area contributed by atoms with Crippen LogP contribution < -0.4 is 0 Å². The molecule has 4 heteroatoms. The van der Waals surface area contributed by atoms with E-state index in [0.29, 0.717) is 16.7 Å². The molecule has 13 heavy (non-hydrogen) atoms. The fourth-order valence-corrected chi connectivity index (χ4v) is 0.909. The summed E-state index contributed by atoms with van der Waals surface area (Å²) in [6.07, 6.45) is 4.82. The van der Waals surface area contributed by atoms with E-state index in [-0.39, 0.29) is 0 Å². The molecule has 0 amide bonds. The zero-order chi connectivity index (χ0) is 9.84. The van der Waals surface area contributed by atoms with Gasteiger partial charge in [0.2, 0.25) is 0 Å². The maximum atomic E-state index is 5.76. The lowest BCUT2D eigenvalue weighted by Gasteiger charge is -1.91. The summed E-state index contributed by atoms with van der Waals surface area (Å²) in [4.78, 5) is 4.14. The Morgan fingerprint density at radius 3 is 2.69 bits per heavy atom. The molecule has 1 aromatic heterocycles. The van der Waals surface area contributed by atoms with E-state index in [4.69, 9.17) is 11.6 Å². The number of hydrogen-bond donors (Lipinski definition) is 0. The highest BCUT2D eigenvalue weighted by Gasteiger charge is 2.01. The summed E-state index contributed by atoms with van der Waals surface area (Å²) in [5.74, 6) is 1.27. The van der Waals surface area contributed by atoms with Gasteiger partial charge in [0.25, 0.3) is 0 Å². The van der Waals surface area contributed by atoms with Crippen molar-refractivity contribution in [3.05, 3.63) is 35.9 Å². The van der Waals surface area contributed by atoms with Gasteiger partial charge in [-0.05, 0) is 6.08 Å². The molecular formula is C9H10ClN3. The van der Waals surface area contributed by atoms with E-state index in [1.54, 1.807) is 30.0 Å². The van der Waals surface area contributed by atoms with Crippen molar-refractivity contribution in [3.8, 4) is 0 Å². The van der Waals surface area contributed by atoms with Crippen molar-refractivity contribution in [2.45, 2.75) is 0 Å². The SMILES string of the molecule is C=C/C(Cl)=C\c1nc(C=C)nn1C. The van der Waals surface area contributed by atoms with Crippen LogP contribution in [-0.4, -0.2) is 14.8 Å². The van der Waals surface area contributed by atoms with Gasteiger partial charge in [-0.15, -0.1) is 0 Å². The molecule has 0 bridgehead atoms. The Kier molecular flexibility index (Phi) is 3.03. The Bertz CT molecular complexity index is 363. The molecule has 0 aliphatic carbocycles. The summed E-state index contributed by atoms with van der Waals surface area (Å²) in [5, 5.41) is 4.60. The molecule has 1 heterocycles. The third-order valence-electron chi connectivity index (χ3n) is 1.46. The third kappa shape index (κ3) is 2.29. The van der Waals surface area contributed by atoms with Crippen molar-refractivity contribution in [1.82, 2.24) is 14.8 Å². The zero-order valence-electron chi connectivity index (χ0n) is 7.37. The van der Waals surface area contributed by atoms with Gasteiger partial charge in [0.15, 0.2) is 11.6 Å². The Labute approximate surface area is 82.0 Å². The molecule has 0 radical (unpaired) electrons. The van der Waals surface area contributed by atoms with Gasteiger partial charge in [0, 0.05) is 18.2 Å². The molecule has 0 fully saturated rings. The summed E-state index contributed by atoms with van der Waals surface area (Å²) in [5.41, 5.74) is 0. The van der Waals surface area contributed by atoms with Crippen LogP contribution >= 0.6 is 11.6 Å². The largest absolute Gasteiger partial charge is 0.249 e. The van der Waals surface area contributed by atoms with E-state index in [2.05, 4.69) is 23.2 Å². The van der Waals surface area contributed by atoms with Gasteiger partial charge < -0.3 is 0 Å². The molecule has 0 aliphatic rings. The second kappa shape index (κ2) is 4.05. The Morgan fingerprint density at radius 1 is 1.54 bits per heavy atom. The van der Waals surface area contributed by atoms with Crippen molar-refractivity contribution in [1.29, 1.82) is 0 Å². The number of hydrogen-bond acceptors (Lipinski definition) is 2. The second-order valence-electron chi connectivity index (χ2n) is 2.39. The summed E-state index contributed by atoms with van der Waals surface area (Å²) >= 11 is 5.76. The van der Waals surface area contributed by atoms with Gasteiger partial charge in [0.1, 0.15) is 0 Å². The minimum absolute atomic E-state index is 0.533. The van der Waals surface area contributed by atoms with Crippen LogP contribution in [0, 0.1) is 0 Å². The first kappa shape index (κ1) is 9.74. The van der Waals surface area contributed by atoms with E-state index in [1.165, 1.54) is 0 Å². The molecule has 0 unspecified atom stereocenters. The Hall–Kier alpha value is -1.35. The van der Waals surface area contributed by atoms with Crippen molar-refractivity contribution in [2.75, 3.05) is 0 Å². The second-order valence-corrected chi connectivity index (χ2v) is 2.83. The van der Waals surface area contributed by atoms with Gasteiger partial charge in [-0.2, -0.15) is 5.10 Å². The number of rotatable bonds is 3. The lowest BCUT2D eigenvalue weighted by molar-refractivity contribution is 0.754. The molecular weight excluding hydrogens is 186 g/mol. The van der Waals surface area contributed by atoms with Gasteiger partial charge in [-0.3, -0.25) is 0 Å². The number of aromatic nitrogens is 3. The van der Waals surface area contributed by atoms with Crippen LogP contribution in [0.4, 0.5) is 0 Å². The minimum atomic E-state index is 0.533. The van der Waals surface area contributed by atoms with E-state index in [1.807, 2.05) is 0 Å². The first-order valence-corrected chi connectivity index (χ1v) is 4.08. The molecule has 0 atom stereocenters. The van der Waals surface area contributed by atoms with Gasteiger partial charge in [0.05, 0.1) is 0 Å². The number of aryl methyl sites for hydroxylation is 1. The van der Waals surface area contributed by atoms with Crippen molar-refractivity contribution in [3.63, 3.8) is 0 Å². The monoisotopic (exact) mass is 195 g/mol. The summed E-state index contributed by atoms with van der Waals surface area (Å²) < 4.78 is 1.63. The van der Waals surface area contributed by atoms with Gasteiger partial charge in [-0.1, -0.05) is 30.8 Å². The predicted octanol–water partition coefficient (Wildman–Crippen LogP) is 2.22. The highest BCUT2D eigenvalue weighted by Crippen LogP contribution is 2.08. The molecule has 0 aliphatic heterocycles. The quantitative estimate of drug-likeness (QED) is 0.693. The average Bonchev–Trinajstić information content (AvgIpc) is 2.47. The Morgan fingerprint density at radius 2 is 2.23 bits per heavy atom. The van der Waals surface area contributed by atoms with Gasteiger partial charge in [-0.25, -0.2) is 9.67 Å². The Balaban J connectivity index is 3.07. The number of halogens is 1. The van der Waals surface area contributed by atoms with Crippen LogP contribution in [0.3, 0.4) is 0 Å². The molecule has 1 aromatic rings. The topological polar surface area (TPSA) is 30.7 Å². The normalized spacial score (nSPS) is 11.4. The first-order valence-electron chi connectivity index (χ1n) is 3.70. The summed E-state index contributed by atoms with van der Waals surface area (Å²) in [6, 6.07) is 0. The molecule has 0 N–H and O–H groups in total. The van der Waals surface area contributed by atoms with E-state index < -0.39 is 0 Å². The van der Waals surface area contributed by atoms with Crippen molar-refractivity contribution in [2.24, 2.45) is 7.05 Å². The number of allylic oxidation sites excluding steroid dienone is 2. The minimum Gasteiger partial charge on any atom is -0.249 e. The average molecular weight is 196 g/mol. The molecule has 1 rings (SSSR count). The maximum absolute atomic E-state index is 5.76. The van der Waals surface area contributed by atoms with Crippen LogP contribution in [0.5, 0.6) is 0 Å². The van der Waals surface area contributed by atoms with Crippen molar-refractivity contribution < 1.29 is 0 Å². The third-order valence-corrected chi connectivity index (χ3v) is 1.72. The van der Waals surface area contributed by atoms with Crippen LogP contribution in [-0.2, 0) is 7.05 Å². The van der Waals surface area contributed by atoms with E-state index >= 15 is 0 Å². The van der Waals surface area contributed by atoms with Crippen LogP contribution in [0.25, 0.3) is 12.2 Å². The predicted molar refractivity (Wildman–Crippen MR) is 55.1 cm³/mol. The highest BCUT2D eigenvalue weighted by atomic mass is 35.5. The van der Waals surface area contributed by atoms with Gasteiger partial charge >= 0.3 is 0 Å². The maximum Gasteiger partial charge on any atom is 0.173 e. The van der Waals surface area contributed by atoms with Crippen molar-refractivity contribution >= 4 is 23.8 Å². The fraction of sp³-hybridized carbons (Fsp3) is 0.111. The first-order chi connectivity index (χ1) is 6.17. The molecule has 68 valence electrons. The summed E-state index contributed by atoms with van der Waals surface area (Å²) in [7, 11) is 1.79. The number of nitrogens with zero attached hydrogens (tertiary/aromatic N) is 3.